The molecule has 1 amide bonds. The minimum atomic E-state index is -3.62. The van der Waals surface area contributed by atoms with E-state index in [4.69, 9.17) is 16.3 Å². The number of halogens is 1. The zero-order valence-electron chi connectivity index (χ0n) is 14.6. The van der Waals surface area contributed by atoms with Crippen molar-refractivity contribution in [2.24, 2.45) is 0 Å². The third kappa shape index (κ3) is 5.45. The van der Waals surface area contributed by atoms with Crippen LogP contribution in [0.15, 0.2) is 53.4 Å². The summed E-state index contributed by atoms with van der Waals surface area (Å²) >= 11 is 5.99. The molecule has 0 atom stereocenters. The lowest BCUT2D eigenvalue weighted by Gasteiger charge is -2.19. The molecule has 0 heterocycles. The van der Waals surface area contributed by atoms with Crippen molar-refractivity contribution in [2.45, 2.75) is 17.9 Å². The molecule has 0 saturated heterocycles. The Bertz CT molecular complexity index is 857. The van der Waals surface area contributed by atoms with E-state index in [1.54, 1.807) is 50.6 Å². The summed E-state index contributed by atoms with van der Waals surface area (Å²) in [6.45, 7) is 0.334. The number of carbonyl (C=O) groups is 1. The molecule has 8 heteroatoms. The normalized spacial score (nSPS) is 11.2. The second-order valence-electron chi connectivity index (χ2n) is 5.67. The van der Waals surface area contributed by atoms with Crippen LogP contribution in [0.25, 0.3) is 0 Å². The second-order valence-corrected chi connectivity index (χ2v) is 7.87. The van der Waals surface area contributed by atoms with Crippen molar-refractivity contribution >= 4 is 27.5 Å². The van der Waals surface area contributed by atoms with Gasteiger partial charge in [0.05, 0.1) is 12.0 Å². The molecule has 0 aliphatic heterocycles. The summed E-state index contributed by atoms with van der Waals surface area (Å²) in [4.78, 5) is 13.9. The number of sulfonamides is 1. The van der Waals surface area contributed by atoms with E-state index in [9.17, 15) is 13.2 Å². The quantitative estimate of drug-likeness (QED) is 0.744. The molecule has 0 aliphatic carbocycles. The Labute approximate surface area is 158 Å². The maximum Gasteiger partial charge on any atom is 0.240 e. The fourth-order valence-corrected chi connectivity index (χ4v) is 3.63. The Morgan fingerprint density at radius 1 is 1.19 bits per heavy atom. The van der Waals surface area contributed by atoms with Gasteiger partial charge in [-0.05, 0) is 30.3 Å². The Morgan fingerprint density at radius 3 is 2.54 bits per heavy atom. The summed E-state index contributed by atoms with van der Waals surface area (Å²) in [5.74, 6) is 0.446. The zero-order chi connectivity index (χ0) is 19.2. The van der Waals surface area contributed by atoms with E-state index in [0.717, 1.165) is 5.56 Å². The van der Waals surface area contributed by atoms with E-state index in [2.05, 4.69) is 4.72 Å². The first-order valence-corrected chi connectivity index (χ1v) is 9.80. The van der Waals surface area contributed by atoms with E-state index < -0.39 is 10.0 Å². The maximum atomic E-state index is 12.3. The molecular weight excluding hydrogens is 376 g/mol. The van der Waals surface area contributed by atoms with Crippen LogP contribution in [0.3, 0.4) is 0 Å². The summed E-state index contributed by atoms with van der Waals surface area (Å²) < 4.78 is 32.0. The number of rotatable bonds is 8. The molecule has 0 aromatic heterocycles. The number of methoxy groups -OCH3 is 1. The molecule has 2 aromatic carbocycles. The molecule has 0 fully saturated rings. The number of nitrogens with one attached hydrogen (secondary N) is 1. The lowest BCUT2D eigenvalue weighted by molar-refractivity contribution is -0.130. The van der Waals surface area contributed by atoms with Gasteiger partial charge in [-0.25, -0.2) is 13.1 Å². The van der Waals surface area contributed by atoms with Gasteiger partial charge in [-0.2, -0.15) is 0 Å². The van der Waals surface area contributed by atoms with Crippen LogP contribution in [0, 0.1) is 0 Å². The van der Waals surface area contributed by atoms with Crippen molar-refractivity contribution in [2.75, 3.05) is 20.7 Å². The standard InChI is InChI=1S/C18H21ClN2O4S/c1-21(13-14-12-15(19)8-9-17(14)25-2)18(22)10-11-20-26(23,24)16-6-4-3-5-7-16/h3-9,12,20H,10-11,13H2,1-2H3. The highest BCUT2D eigenvalue weighted by atomic mass is 35.5. The molecule has 6 nitrogen and oxygen atoms in total. The van der Waals surface area contributed by atoms with Crippen molar-refractivity contribution < 1.29 is 17.9 Å². The number of hydrogen-bond acceptors (Lipinski definition) is 4. The smallest absolute Gasteiger partial charge is 0.240 e. The topological polar surface area (TPSA) is 75.7 Å². The third-order valence-corrected chi connectivity index (χ3v) is 5.47. The van der Waals surface area contributed by atoms with Gasteiger partial charge < -0.3 is 9.64 Å². The van der Waals surface area contributed by atoms with Gasteiger partial charge in [0.25, 0.3) is 0 Å². The summed E-state index contributed by atoms with van der Waals surface area (Å²) in [5, 5.41) is 0.553. The largest absolute Gasteiger partial charge is 0.496 e. The second kappa shape index (κ2) is 9.02. The fourth-order valence-electron chi connectivity index (χ4n) is 2.38. The van der Waals surface area contributed by atoms with Gasteiger partial charge in [-0.1, -0.05) is 29.8 Å². The zero-order valence-corrected chi connectivity index (χ0v) is 16.2. The first-order valence-electron chi connectivity index (χ1n) is 7.94. The van der Waals surface area contributed by atoms with E-state index in [1.807, 2.05) is 0 Å². The first kappa shape index (κ1) is 20.2. The van der Waals surface area contributed by atoms with Crippen molar-refractivity contribution in [1.82, 2.24) is 9.62 Å². The average molecular weight is 397 g/mol. The highest BCUT2D eigenvalue weighted by Crippen LogP contribution is 2.23. The molecule has 0 aliphatic rings. The molecule has 2 rings (SSSR count). The van der Waals surface area contributed by atoms with Crippen LogP contribution in [0.1, 0.15) is 12.0 Å². The molecule has 0 saturated carbocycles. The minimum absolute atomic E-state index is 0.0209. The maximum absolute atomic E-state index is 12.3. The summed E-state index contributed by atoms with van der Waals surface area (Å²) in [5.41, 5.74) is 0.778. The van der Waals surface area contributed by atoms with Gasteiger partial charge in [0.1, 0.15) is 5.75 Å². The van der Waals surface area contributed by atoms with Crippen LogP contribution in [0.2, 0.25) is 5.02 Å². The predicted octanol–water partition coefficient (Wildman–Crippen LogP) is 2.68. The summed E-state index contributed by atoms with van der Waals surface area (Å²) in [7, 11) is -0.419. The van der Waals surface area contributed by atoms with Crippen LogP contribution in [-0.2, 0) is 21.4 Å². The lowest BCUT2D eigenvalue weighted by atomic mass is 10.2. The van der Waals surface area contributed by atoms with Crippen molar-refractivity contribution in [3.63, 3.8) is 0 Å². The average Bonchev–Trinajstić information content (AvgIpc) is 2.62. The number of nitrogens with zero attached hydrogens (tertiary/aromatic N) is 1. The van der Waals surface area contributed by atoms with Crippen molar-refractivity contribution in [3.05, 3.63) is 59.1 Å². The predicted molar refractivity (Wildman–Crippen MR) is 101 cm³/mol. The van der Waals surface area contributed by atoms with E-state index in [-0.39, 0.29) is 23.8 Å². The lowest BCUT2D eigenvalue weighted by Crippen LogP contribution is -2.32. The fraction of sp³-hybridized carbons (Fsp3) is 0.278. The third-order valence-electron chi connectivity index (χ3n) is 3.76. The minimum Gasteiger partial charge on any atom is -0.496 e. The number of carbonyl (C=O) groups excluding carboxylic acids is 1. The molecule has 0 radical (unpaired) electrons. The number of amides is 1. The van der Waals surface area contributed by atoms with E-state index >= 15 is 0 Å². The molecular formula is C18H21ClN2O4S. The highest BCUT2D eigenvalue weighted by molar-refractivity contribution is 7.89. The van der Waals surface area contributed by atoms with Crippen molar-refractivity contribution in [1.29, 1.82) is 0 Å². The monoisotopic (exact) mass is 396 g/mol. The van der Waals surface area contributed by atoms with Gasteiger partial charge in [0, 0.05) is 37.1 Å². The Morgan fingerprint density at radius 2 is 1.88 bits per heavy atom. The molecule has 140 valence electrons. The Balaban J connectivity index is 1.91. The molecule has 0 unspecified atom stereocenters. The van der Waals surface area contributed by atoms with Gasteiger partial charge in [0.15, 0.2) is 0 Å². The van der Waals surface area contributed by atoms with Crippen molar-refractivity contribution in [3.8, 4) is 5.75 Å². The Hall–Kier alpha value is -2.09. The summed E-state index contributed by atoms with van der Waals surface area (Å²) in [6, 6.07) is 13.2. The molecule has 1 N–H and O–H groups in total. The van der Waals surface area contributed by atoms with Crippen LogP contribution in [-0.4, -0.2) is 39.9 Å². The molecule has 26 heavy (non-hydrogen) atoms. The van der Waals surface area contributed by atoms with Gasteiger partial charge >= 0.3 is 0 Å². The van der Waals surface area contributed by atoms with Crippen LogP contribution >= 0.6 is 11.6 Å². The number of ether oxygens (including phenoxy) is 1. The summed E-state index contributed by atoms with van der Waals surface area (Å²) in [6.07, 6.45) is 0.0471. The molecule has 0 spiro atoms. The van der Waals surface area contributed by atoms with Crippen LogP contribution in [0.4, 0.5) is 0 Å². The van der Waals surface area contributed by atoms with Crippen LogP contribution in [0.5, 0.6) is 5.75 Å². The van der Waals surface area contributed by atoms with E-state index in [0.29, 0.717) is 17.3 Å². The van der Waals surface area contributed by atoms with Gasteiger partial charge in [-0.15, -0.1) is 0 Å². The van der Waals surface area contributed by atoms with Crippen LogP contribution < -0.4 is 9.46 Å². The SMILES string of the molecule is COc1ccc(Cl)cc1CN(C)C(=O)CCNS(=O)(=O)c1ccccc1. The highest BCUT2D eigenvalue weighted by Gasteiger charge is 2.16. The first-order chi connectivity index (χ1) is 12.3. The number of benzene rings is 2. The number of hydrogen-bond donors (Lipinski definition) is 1. The Kier molecular flexibility index (Phi) is 7.02. The van der Waals surface area contributed by atoms with E-state index in [1.165, 1.54) is 17.0 Å². The van der Waals surface area contributed by atoms with Gasteiger partial charge in [0.2, 0.25) is 15.9 Å². The molecule has 2 aromatic rings. The molecule has 0 bridgehead atoms. The van der Waals surface area contributed by atoms with Gasteiger partial charge in [-0.3, -0.25) is 4.79 Å².